The number of carbonyl (C=O) groups is 1. The molecule has 31 heavy (non-hydrogen) atoms. The van der Waals surface area contributed by atoms with Crippen molar-refractivity contribution < 1.29 is 17.9 Å². The number of carbonyl (C=O) groups excluding carboxylic acids is 1. The van der Waals surface area contributed by atoms with Crippen molar-refractivity contribution in [2.24, 2.45) is 5.92 Å². The van der Waals surface area contributed by atoms with Crippen molar-refractivity contribution in [1.82, 2.24) is 10.0 Å². The normalized spacial score (nSPS) is 12.5. The average Bonchev–Trinajstić information content (AvgIpc) is 2.73. The van der Waals surface area contributed by atoms with E-state index in [0.29, 0.717) is 18.7 Å². The summed E-state index contributed by atoms with van der Waals surface area (Å²) in [6.07, 6.45) is 1.11. The van der Waals surface area contributed by atoms with Crippen LogP contribution in [0.1, 0.15) is 39.7 Å². The number of hydrogen-bond donors (Lipinski definition) is 2. The van der Waals surface area contributed by atoms with Crippen molar-refractivity contribution in [3.63, 3.8) is 0 Å². The first-order chi connectivity index (χ1) is 14.7. The van der Waals surface area contributed by atoms with Gasteiger partial charge in [-0.2, -0.15) is 0 Å². The summed E-state index contributed by atoms with van der Waals surface area (Å²) in [5, 5.41) is 2.93. The Morgan fingerprint density at radius 2 is 1.55 bits per heavy atom. The summed E-state index contributed by atoms with van der Waals surface area (Å²) >= 11 is 0. The van der Waals surface area contributed by atoms with E-state index in [2.05, 4.69) is 34.3 Å². The smallest absolute Gasteiger partial charge is 0.222 e. The Morgan fingerprint density at radius 1 is 0.968 bits per heavy atom. The fourth-order valence-electron chi connectivity index (χ4n) is 2.98. The minimum atomic E-state index is -3.23. The summed E-state index contributed by atoms with van der Waals surface area (Å²) in [6, 6.07) is 16.0. The standard InChI is InChI=1S/C24H34N2O4S/c1-5-16-31(28,29)26-17-19(4)30-23-12-10-22(11-13-23)21-8-6-20(7-9-21)14-15-25-24(27)18(2)3/h6-13,18-19,26H,5,14-17H2,1-4H3,(H,25,27). The maximum absolute atomic E-state index is 11.7. The Hall–Kier alpha value is -2.38. The zero-order valence-electron chi connectivity index (χ0n) is 18.9. The summed E-state index contributed by atoms with van der Waals surface area (Å²) in [5.41, 5.74) is 3.34. The molecule has 0 radical (unpaired) electrons. The first kappa shape index (κ1) is 24.9. The lowest BCUT2D eigenvalue weighted by Gasteiger charge is -2.16. The van der Waals surface area contributed by atoms with Crippen LogP contribution in [0.15, 0.2) is 48.5 Å². The van der Waals surface area contributed by atoms with Gasteiger partial charge in [0.2, 0.25) is 15.9 Å². The highest BCUT2D eigenvalue weighted by atomic mass is 32.2. The second-order valence-electron chi connectivity index (χ2n) is 8.01. The first-order valence-corrected chi connectivity index (χ1v) is 12.5. The number of hydrogen-bond acceptors (Lipinski definition) is 4. The van der Waals surface area contributed by atoms with Gasteiger partial charge in [0.15, 0.2) is 0 Å². The summed E-state index contributed by atoms with van der Waals surface area (Å²) in [6.45, 7) is 8.32. The van der Waals surface area contributed by atoms with E-state index in [9.17, 15) is 13.2 Å². The van der Waals surface area contributed by atoms with Gasteiger partial charge >= 0.3 is 0 Å². The van der Waals surface area contributed by atoms with Crippen LogP contribution < -0.4 is 14.8 Å². The molecular formula is C24H34N2O4S. The topological polar surface area (TPSA) is 84.5 Å². The molecule has 0 aromatic heterocycles. The molecule has 6 nitrogen and oxygen atoms in total. The number of ether oxygens (including phenoxy) is 1. The third-order valence-electron chi connectivity index (χ3n) is 4.78. The van der Waals surface area contributed by atoms with Crippen LogP contribution in [-0.2, 0) is 21.2 Å². The van der Waals surface area contributed by atoms with Gasteiger partial charge in [-0.25, -0.2) is 13.1 Å². The molecule has 0 aliphatic carbocycles. The van der Waals surface area contributed by atoms with Crippen molar-refractivity contribution in [3.05, 3.63) is 54.1 Å². The quantitative estimate of drug-likeness (QED) is 0.520. The molecular weight excluding hydrogens is 412 g/mol. The van der Waals surface area contributed by atoms with Crippen LogP contribution in [-0.4, -0.2) is 39.3 Å². The minimum Gasteiger partial charge on any atom is -0.489 e. The summed E-state index contributed by atoms with van der Waals surface area (Å²) in [4.78, 5) is 11.6. The fourth-order valence-corrected chi connectivity index (χ4v) is 4.15. The summed E-state index contributed by atoms with van der Waals surface area (Å²) in [5.74, 6) is 0.900. The largest absolute Gasteiger partial charge is 0.489 e. The van der Waals surface area contributed by atoms with Gasteiger partial charge in [-0.05, 0) is 48.6 Å². The molecule has 0 aliphatic rings. The molecule has 1 amide bonds. The fraction of sp³-hybridized carbons (Fsp3) is 0.458. The molecule has 0 spiro atoms. The van der Waals surface area contributed by atoms with Gasteiger partial charge < -0.3 is 10.1 Å². The Bertz CT molecular complexity index is 923. The van der Waals surface area contributed by atoms with Crippen molar-refractivity contribution in [3.8, 4) is 16.9 Å². The zero-order valence-corrected chi connectivity index (χ0v) is 19.7. The van der Waals surface area contributed by atoms with E-state index < -0.39 is 10.0 Å². The SMILES string of the molecule is CCCS(=O)(=O)NCC(C)Oc1ccc(-c2ccc(CCNC(=O)C(C)C)cc2)cc1. The maximum Gasteiger partial charge on any atom is 0.222 e. The first-order valence-electron chi connectivity index (χ1n) is 10.8. The molecule has 0 aliphatic heterocycles. The zero-order chi connectivity index (χ0) is 22.9. The third-order valence-corrected chi connectivity index (χ3v) is 6.33. The number of amides is 1. The highest BCUT2D eigenvalue weighted by Crippen LogP contribution is 2.23. The molecule has 2 rings (SSSR count). The van der Waals surface area contributed by atoms with Crippen molar-refractivity contribution in [1.29, 1.82) is 0 Å². The molecule has 0 saturated carbocycles. The minimum absolute atomic E-state index is 0.00248. The highest BCUT2D eigenvalue weighted by molar-refractivity contribution is 7.89. The monoisotopic (exact) mass is 446 g/mol. The van der Waals surface area contributed by atoms with Gasteiger partial charge in [0.25, 0.3) is 0 Å². The average molecular weight is 447 g/mol. The molecule has 0 fully saturated rings. The van der Waals surface area contributed by atoms with Crippen LogP contribution in [0.4, 0.5) is 0 Å². The summed E-state index contributed by atoms with van der Waals surface area (Å²) < 4.78 is 31.9. The lowest BCUT2D eigenvalue weighted by molar-refractivity contribution is -0.123. The summed E-state index contributed by atoms with van der Waals surface area (Å²) in [7, 11) is -3.23. The second kappa shape index (κ2) is 11.9. The third kappa shape index (κ3) is 8.71. The Morgan fingerprint density at radius 3 is 2.10 bits per heavy atom. The molecule has 1 atom stereocenters. The van der Waals surface area contributed by atoms with E-state index in [1.165, 1.54) is 5.56 Å². The van der Waals surface area contributed by atoms with E-state index in [1.807, 2.05) is 52.0 Å². The predicted octanol–water partition coefficient (Wildman–Crippen LogP) is 3.77. The van der Waals surface area contributed by atoms with E-state index in [4.69, 9.17) is 4.74 Å². The van der Waals surface area contributed by atoms with E-state index >= 15 is 0 Å². The van der Waals surface area contributed by atoms with Gasteiger partial charge in [0.05, 0.1) is 5.75 Å². The highest BCUT2D eigenvalue weighted by Gasteiger charge is 2.12. The van der Waals surface area contributed by atoms with Crippen LogP contribution >= 0.6 is 0 Å². The van der Waals surface area contributed by atoms with Crippen molar-refractivity contribution in [2.45, 2.75) is 46.6 Å². The molecule has 2 aromatic carbocycles. The molecule has 0 saturated heterocycles. The molecule has 7 heteroatoms. The van der Waals surface area contributed by atoms with Gasteiger partial charge in [-0.3, -0.25) is 4.79 Å². The van der Waals surface area contributed by atoms with E-state index in [1.54, 1.807) is 0 Å². The number of nitrogens with one attached hydrogen (secondary N) is 2. The lowest BCUT2D eigenvalue weighted by Crippen LogP contribution is -2.34. The van der Waals surface area contributed by atoms with Gasteiger partial charge in [-0.1, -0.05) is 57.2 Å². The maximum atomic E-state index is 11.7. The van der Waals surface area contributed by atoms with Gasteiger partial charge in [0, 0.05) is 19.0 Å². The van der Waals surface area contributed by atoms with Gasteiger partial charge in [-0.15, -0.1) is 0 Å². The number of benzene rings is 2. The molecule has 0 heterocycles. The predicted molar refractivity (Wildman–Crippen MR) is 126 cm³/mol. The van der Waals surface area contributed by atoms with Crippen molar-refractivity contribution >= 4 is 15.9 Å². The van der Waals surface area contributed by atoms with Crippen LogP contribution in [0.3, 0.4) is 0 Å². The Balaban J connectivity index is 1.86. The molecule has 2 aromatic rings. The molecule has 0 bridgehead atoms. The van der Waals surface area contributed by atoms with Crippen LogP contribution in [0.5, 0.6) is 5.75 Å². The second-order valence-corrected chi connectivity index (χ2v) is 9.94. The van der Waals surface area contributed by atoms with Crippen LogP contribution in [0.25, 0.3) is 11.1 Å². The van der Waals surface area contributed by atoms with E-state index in [0.717, 1.165) is 17.5 Å². The van der Waals surface area contributed by atoms with Crippen molar-refractivity contribution in [2.75, 3.05) is 18.8 Å². The number of sulfonamides is 1. The lowest BCUT2D eigenvalue weighted by atomic mass is 10.0. The molecule has 2 N–H and O–H groups in total. The Labute approximate surface area is 186 Å². The molecule has 170 valence electrons. The Kier molecular flexibility index (Phi) is 9.52. The van der Waals surface area contributed by atoms with Gasteiger partial charge in [0.1, 0.15) is 11.9 Å². The van der Waals surface area contributed by atoms with Crippen LogP contribution in [0, 0.1) is 5.92 Å². The van der Waals surface area contributed by atoms with E-state index in [-0.39, 0.29) is 30.2 Å². The number of rotatable bonds is 12. The van der Waals surface area contributed by atoms with Crippen LogP contribution in [0.2, 0.25) is 0 Å². The molecule has 1 unspecified atom stereocenters.